The molecule has 0 bridgehead atoms. The molecule has 5 rings (SSSR count). The Bertz CT molecular complexity index is 1690. The van der Waals surface area contributed by atoms with Crippen molar-refractivity contribution in [1.29, 1.82) is 0 Å². The van der Waals surface area contributed by atoms with E-state index in [1.807, 2.05) is 36.5 Å². The van der Waals surface area contributed by atoms with Crippen LogP contribution in [0.2, 0.25) is 5.02 Å². The number of carbonyl (C=O) groups excluding carboxylic acids is 2. The summed E-state index contributed by atoms with van der Waals surface area (Å²) >= 11 is 7.00. The third-order valence-corrected chi connectivity index (χ3v) is 7.94. The van der Waals surface area contributed by atoms with Gasteiger partial charge in [0.15, 0.2) is 5.17 Å². The molecule has 0 saturated carbocycles. The summed E-state index contributed by atoms with van der Waals surface area (Å²) in [6, 6.07) is 21.5. The minimum absolute atomic E-state index is 0. The summed E-state index contributed by atoms with van der Waals surface area (Å²) in [5, 5.41) is 7.74. The molecule has 4 aromatic rings. The van der Waals surface area contributed by atoms with Crippen LogP contribution in [0.25, 0.3) is 16.5 Å². The van der Waals surface area contributed by atoms with Crippen molar-refractivity contribution >= 4 is 62.1 Å². The molecule has 1 aromatic heterocycles. The van der Waals surface area contributed by atoms with E-state index in [1.165, 1.54) is 36.0 Å². The van der Waals surface area contributed by atoms with Gasteiger partial charge in [-0.2, -0.15) is 5.10 Å². The number of aliphatic imine (C=N–C) groups is 1. The van der Waals surface area contributed by atoms with Gasteiger partial charge >= 0.3 is 29.6 Å². The Balaban J connectivity index is 0.00000370. The van der Waals surface area contributed by atoms with E-state index in [1.54, 1.807) is 41.2 Å². The molecule has 1 N–H and O–H groups in total. The number of hydrogen-bond acceptors (Lipinski definition) is 7. The maximum absolute atomic E-state index is 12.4. The third kappa shape index (κ3) is 7.51. The number of halogens is 1. The summed E-state index contributed by atoms with van der Waals surface area (Å²) in [4.78, 5) is 29.6. The number of nitrogens with one attached hydrogen (secondary N) is 1. The second kappa shape index (κ2) is 13.0. The summed E-state index contributed by atoms with van der Waals surface area (Å²) in [6.07, 6.45) is 5.15. The molecular weight excluding hydrogens is 581 g/mol. The van der Waals surface area contributed by atoms with Crippen molar-refractivity contribution in [3.05, 3.63) is 117 Å². The minimum atomic E-state index is -4.12. The zero-order valence-corrected chi connectivity index (χ0v) is 25.4. The van der Waals surface area contributed by atoms with Crippen LogP contribution in [0.5, 0.6) is 0 Å². The van der Waals surface area contributed by atoms with E-state index < -0.39 is 15.9 Å². The maximum Gasteiger partial charge on any atom is 1.00 e. The van der Waals surface area contributed by atoms with Gasteiger partial charge in [0.05, 0.1) is 27.1 Å². The molecular formula is C27H19ClN5NaO4S2. The Hall–Kier alpha value is -3.19. The third-order valence-electron chi connectivity index (χ3n) is 5.47. The smallest absolute Gasteiger partial charge is 0.541 e. The van der Waals surface area contributed by atoms with Crippen LogP contribution in [-0.2, 0) is 26.0 Å². The molecule has 1 saturated heterocycles. The van der Waals surface area contributed by atoms with Crippen molar-refractivity contribution in [3.8, 4) is 5.69 Å². The predicted molar refractivity (Wildman–Crippen MR) is 152 cm³/mol. The number of hydrogen-bond donors (Lipinski definition) is 1. The van der Waals surface area contributed by atoms with Crippen LogP contribution in [0.1, 0.15) is 11.1 Å². The largest absolute Gasteiger partial charge is 1.00 e. The first-order chi connectivity index (χ1) is 18.7. The normalized spacial score (nSPS) is 15.1. The van der Waals surface area contributed by atoms with Crippen molar-refractivity contribution < 1.29 is 47.6 Å². The molecule has 13 heteroatoms. The number of sulfonamides is 1. The summed E-state index contributed by atoms with van der Waals surface area (Å²) in [6.45, 7) is 0. The van der Waals surface area contributed by atoms with Crippen molar-refractivity contribution in [2.75, 3.05) is 0 Å². The van der Waals surface area contributed by atoms with Gasteiger partial charge in [0.25, 0.3) is 5.91 Å². The number of rotatable bonds is 7. The fourth-order valence-corrected chi connectivity index (χ4v) is 5.47. The van der Waals surface area contributed by atoms with Gasteiger partial charge in [-0.15, -0.1) is 0 Å². The Morgan fingerprint density at radius 1 is 1.05 bits per heavy atom. The van der Waals surface area contributed by atoms with Crippen molar-refractivity contribution in [2.45, 2.75) is 11.3 Å². The number of amides is 2. The van der Waals surface area contributed by atoms with E-state index in [0.717, 1.165) is 11.3 Å². The van der Waals surface area contributed by atoms with Crippen LogP contribution in [0.15, 0.2) is 106 Å². The van der Waals surface area contributed by atoms with Crippen LogP contribution in [0.3, 0.4) is 0 Å². The summed E-state index contributed by atoms with van der Waals surface area (Å²) < 4.78 is 29.8. The van der Waals surface area contributed by atoms with Gasteiger partial charge in [-0.05, 0) is 83.6 Å². The van der Waals surface area contributed by atoms with Crippen LogP contribution in [0.4, 0.5) is 5.69 Å². The number of carbonyl (C=O) groups is 2. The van der Waals surface area contributed by atoms with E-state index in [4.69, 9.17) is 11.6 Å². The fourth-order valence-electron chi connectivity index (χ4n) is 3.58. The predicted octanol–water partition coefficient (Wildman–Crippen LogP) is 2.25. The average molecular weight is 600 g/mol. The zero-order valence-electron chi connectivity index (χ0n) is 21.1. The first-order valence-electron chi connectivity index (χ1n) is 11.5. The second-order valence-corrected chi connectivity index (χ2v) is 11.4. The molecule has 1 fully saturated rings. The molecule has 1 aliphatic heterocycles. The Morgan fingerprint density at radius 2 is 1.75 bits per heavy atom. The number of aromatic nitrogens is 2. The van der Waals surface area contributed by atoms with E-state index in [9.17, 15) is 18.0 Å². The molecule has 0 unspecified atom stereocenters. The molecule has 196 valence electrons. The molecule has 9 nitrogen and oxygen atoms in total. The van der Waals surface area contributed by atoms with Gasteiger partial charge in [-0.3, -0.25) is 4.79 Å². The molecule has 0 aliphatic carbocycles. The Morgan fingerprint density at radius 3 is 2.40 bits per heavy atom. The molecule has 0 atom stereocenters. The van der Waals surface area contributed by atoms with E-state index >= 15 is 0 Å². The topological polar surface area (TPSA) is 125 Å². The zero-order chi connectivity index (χ0) is 27.4. The van der Waals surface area contributed by atoms with Gasteiger partial charge in [-0.25, -0.2) is 18.1 Å². The number of thioether (sulfide) groups is 1. The number of benzene rings is 3. The second-order valence-electron chi connectivity index (χ2n) is 8.28. The Kier molecular flexibility index (Phi) is 9.67. The quantitative estimate of drug-likeness (QED) is 0.257. The molecule has 3 aromatic carbocycles. The first-order valence-corrected chi connectivity index (χ1v) is 14.1. The van der Waals surface area contributed by atoms with Gasteiger partial charge in [0.2, 0.25) is 0 Å². The maximum atomic E-state index is 12.4. The minimum Gasteiger partial charge on any atom is -0.541 e. The van der Waals surface area contributed by atoms with Crippen molar-refractivity contribution in [1.82, 2.24) is 15.1 Å². The van der Waals surface area contributed by atoms with Crippen LogP contribution in [-0.4, -0.2) is 35.2 Å². The fraction of sp³-hybridized carbons (Fsp3) is 0.0370. The van der Waals surface area contributed by atoms with Gasteiger partial charge in [-0.1, -0.05) is 35.9 Å². The molecule has 0 radical (unpaired) electrons. The van der Waals surface area contributed by atoms with Crippen LogP contribution < -0.4 is 34.9 Å². The standard InChI is InChI=1S/C27H20ClN5O4S2.Na/c28-20-6-12-23(13-7-20)39(36,37)32-25(34)17-19-2-8-21(9-3-19)30-27-31-26(35)24(38-27)16-18-4-10-22(11-5-18)33-15-1-14-29-33;/h1-16H,17H2,(H2,30,31,32,34,35);/q;+1/p-1. The van der Waals surface area contributed by atoms with Gasteiger partial charge in [0, 0.05) is 23.8 Å². The van der Waals surface area contributed by atoms with Gasteiger partial charge < -0.3 is 14.8 Å². The van der Waals surface area contributed by atoms with Gasteiger partial charge in [0.1, 0.15) is 10.0 Å². The summed E-state index contributed by atoms with van der Waals surface area (Å²) in [7, 11) is -4.12. The van der Waals surface area contributed by atoms with Crippen LogP contribution >= 0.6 is 23.4 Å². The molecule has 2 heterocycles. The molecule has 1 aliphatic rings. The number of nitrogens with zero attached hydrogens (tertiary/aromatic N) is 4. The summed E-state index contributed by atoms with van der Waals surface area (Å²) in [5.41, 5.74) is 2.91. The monoisotopic (exact) mass is 599 g/mol. The molecule has 0 spiro atoms. The number of amidine groups is 1. The molecule has 40 heavy (non-hydrogen) atoms. The SMILES string of the molecule is O=C(Cc1ccc(N=C2NC(=O)C(=Cc3ccc(-n4cccn4)cc3)S2)cc1)[N-]S(=O)(=O)c1ccc(Cl)cc1.[Na+]. The van der Waals surface area contributed by atoms with Crippen molar-refractivity contribution in [3.63, 3.8) is 0 Å². The van der Waals surface area contributed by atoms with E-state index in [-0.39, 0.29) is 46.8 Å². The molecule has 2 amide bonds. The van der Waals surface area contributed by atoms with Crippen LogP contribution in [0, 0.1) is 0 Å². The average Bonchev–Trinajstić information content (AvgIpc) is 3.56. The Labute approximate surface area is 262 Å². The van der Waals surface area contributed by atoms with E-state index in [0.29, 0.717) is 26.3 Å². The van der Waals surface area contributed by atoms with Crippen molar-refractivity contribution in [2.24, 2.45) is 4.99 Å². The van der Waals surface area contributed by atoms with E-state index in [2.05, 4.69) is 20.1 Å². The summed E-state index contributed by atoms with van der Waals surface area (Å²) in [5.74, 6) is -1.05. The first kappa shape index (κ1) is 29.8.